The number of sulfone groups is 1. The second-order valence-electron chi connectivity index (χ2n) is 7.09. The van der Waals surface area contributed by atoms with E-state index in [-0.39, 0.29) is 6.42 Å². The Hall–Kier alpha value is -2.44. The lowest BCUT2D eigenvalue weighted by atomic mass is 9.98. The number of pyridine rings is 1. The van der Waals surface area contributed by atoms with E-state index >= 15 is 0 Å². The van der Waals surface area contributed by atoms with Gasteiger partial charge in [-0.25, -0.2) is 13.9 Å². The van der Waals surface area contributed by atoms with Gasteiger partial charge in [0.1, 0.15) is 11.8 Å². The number of aromatic nitrogens is 1. The monoisotopic (exact) mass is 391 g/mol. The van der Waals surface area contributed by atoms with Crippen LogP contribution in [0.3, 0.4) is 0 Å². The average Bonchev–Trinajstić information content (AvgIpc) is 3.36. The van der Waals surface area contributed by atoms with Gasteiger partial charge in [0.05, 0.1) is 5.69 Å². The molecule has 1 aliphatic heterocycles. The van der Waals surface area contributed by atoms with Crippen LogP contribution < -0.4 is 5.48 Å². The summed E-state index contributed by atoms with van der Waals surface area (Å²) in [5, 5.41) is 12.9. The number of hydrogen-bond donors (Lipinski definition) is 2. The molecule has 0 radical (unpaired) electrons. The van der Waals surface area contributed by atoms with E-state index in [4.69, 9.17) is 10.0 Å². The molecule has 2 heterocycles. The molecule has 144 valence electrons. The first kappa shape index (κ1) is 19.3. The Labute approximate surface area is 157 Å². The molecule has 2 unspecified atom stereocenters. The van der Waals surface area contributed by atoms with Crippen LogP contribution in [0.2, 0.25) is 0 Å². The van der Waals surface area contributed by atoms with Gasteiger partial charge in [-0.3, -0.25) is 15.0 Å². The number of rotatable bonds is 5. The van der Waals surface area contributed by atoms with E-state index < -0.39 is 26.6 Å². The molecular weight excluding hydrogens is 370 g/mol. The summed E-state index contributed by atoms with van der Waals surface area (Å²) in [6.07, 6.45) is 4.49. The molecule has 2 aliphatic rings. The summed E-state index contributed by atoms with van der Waals surface area (Å²) in [5.41, 5.74) is 3.43. The summed E-state index contributed by atoms with van der Waals surface area (Å²) in [6.45, 7) is 1.25. The van der Waals surface area contributed by atoms with Crippen molar-refractivity contribution in [1.29, 1.82) is 0 Å². The molecule has 1 fully saturated rings. The van der Waals surface area contributed by atoms with Gasteiger partial charge in [0.15, 0.2) is 14.6 Å². The van der Waals surface area contributed by atoms with E-state index in [2.05, 4.69) is 22.0 Å². The predicted octanol–water partition coefficient (Wildman–Crippen LogP) is 1.03. The van der Waals surface area contributed by atoms with E-state index in [9.17, 15) is 13.2 Å². The van der Waals surface area contributed by atoms with Gasteiger partial charge in [0.2, 0.25) is 0 Å². The highest BCUT2D eigenvalue weighted by Gasteiger charge is 2.47. The minimum atomic E-state index is -3.79. The van der Waals surface area contributed by atoms with Gasteiger partial charge in [-0.15, -0.1) is 0 Å². The molecule has 0 saturated heterocycles. The second-order valence-corrected chi connectivity index (χ2v) is 9.54. The SMILES string of the molecule is CC(CC1CC(c2ccc(C#CC3CC3)cn2)=NO1)(C(=O)NO)S(C)(=O)=O. The summed E-state index contributed by atoms with van der Waals surface area (Å²) in [4.78, 5) is 21.6. The van der Waals surface area contributed by atoms with Gasteiger partial charge in [-0.1, -0.05) is 17.0 Å². The Morgan fingerprint density at radius 1 is 1.44 bits per heavy atom. The molecule has 9 heteroatoms. The number of carbonyl (C=O) groups excluding carboxylic acids is 1. The topological polar surface area (TPSA) is 118 Å². The molecule has 0 aromatic carbocycles. The van der Waals surface area contributed by atoms with E-state index in [0.29, 0.717) is 23.7 Å². The molecule has 2 N–H and O–H groups in total. The quantitative estimate of drug-likeness (QED) is 0.440. The van der Waals surface area contributed by atoms with Gasteiger partial charge < -0.3 is 4.84 Å². The summed E-state index contributed by atoms with van der Waals surface area (Å²) >= 11 is 0. The van der Waals surface area contributed by atoms with E-state index in [1.807, 2.05) is 6.07 Å². The molecular formula is C18H21N3O5S. The molecule has 3 rings (SSSR count). The Morgan fingerprint density at radius 3 is 2.74 bits per heavy atom. The molecule has 1 saturated carbocycles. The van der Waals surface area contributed by atoms with Gasteiger partial charge in [0.25, 0.3) is 5.91 Å². The fraction of sp³-hybridized carbons (Fsp3) is 0.500. The second kappa shape index (κ2) is 7.29. The molecule has 2 atom stereocenters. The first-order valence-electron chi connectivity index (χ1n) is 8.58. The van der Waals surface area contributed by atoms with Crippen molar-refractivity contribution < 1.29 is 23.3 Å². The Balaban J connectivity index is 1.67. The third-order valence-electron chi connectivity index (χ3n) is 4.81. The van der Waals surface area contributed by atoms with Crippen molar-refractivity contribution in [3.8, 4) is 11.8 Å². The molecule has 1 amide bonds. The smallest absolute Gasteiger partial charge is 0.264 e. The first-order valence-corrected chi connectivity index (χ1v) is 10.5. The zero-order valence-electron chi connectivity index (χ0n) is 15.1. The van der Waals surface area contributed by atoms with E-state index in [1.165, 1.54) is 12.4 Å². The average molecular weight is 391 g/mol. The minimum Gasteiger partial charge on any atom is -0.392 e. The maximum atomic E-state index is 12.1. The van der Waals surface area contributed by atoms with Crippen LogP contribution in [-0.2, 0) is 19.5 Å². The summed E-state index contributed by atoms with van der Waals surface area (Å²) in [7, 11) is -3.79. The zero-order chi connectivity index (χ0) is 19.7. The van der Waals surface area contributed by atoms with Crippen LogP contribution in [0.25, 0.3) is 0 Å². The Morgan fingerprint density at radius 2 is 2.19 bits per heavy atom. The number of oxime groups is 1. The molecule has 1 aromatic heterocycles. The highest BCUT2D eigenvalue weighted by Crippen LogP contribution is 2.29. The molecule has 27 heavy (non-hydrogen) atoms. The van der Waals surface area contributed by atoms with Crippen LogP contribution in [0.5, 0.6) is 0 Å². The van der Waals surface area contributed by atoms with Crippen LogP contribution in [0.15, 0.2) is 23.5 Å². The number of nitrogens with zero attached hydrogens (tertiary/aromatic N) is 2. The lowest BCUT2D eigenvalue weighted by Gasteiger charge is -2.26. The molecule has 1 aliphatic carbocycles. The van der Waals surface area contributed by atoms with E-state index in [1.54, 1.807) is 12.3 Å². The zero-order valence-corrected chi connectivity index (χ0v) is 15.9. The third kappa shape index (κ3) is 4.28. The van der Waals surface area contributed by atoms with Crippen LogP contribution in [-0.4, -0.2) is 47.3 Å². The lowest BCUT2D eigenvalue weighted by molar-refractivity contribution is -0.132. The Kier molecular flexibility index (Phi) is 5.22. The minimum absolute atomic E-state index is 0.143. The van der Waals surface area contributed by atoms with Crippen molar-refractivity contribution >= 4 is 21.5 Å². The van der Waals surface area contributed by atoms with Gasteiger partial charge in [0, 0.05) is 36.8 Å². The highest BCUT2D eigenvalue weighted by atomic mass is 32.2. The third-order valence-corrected chi connectivity index (χ3v) is 6.80. The summed E-state index contributed by atoms with van der Waals surface area (Å²) < 4.78 is 22.3. The van der Waals surface area contributed by atoms with Crippen molar-refractivity contribution in [2.75, 3.05) is 6.26 Å². The standard InChI is InChI=1S/C18H21N3O5S/c1-18(17(22)20-23,27(2,24)25)10-14-9-16(21-26-14)15-8-7-13(11-19-15)6-5-12-3-4-12/h7-8,11-12,14,23H,3-4,9-10H2,1-2H3,(H,20,22). The largest absolute Gasteiger partial charge is 0.392 e. The van der Waals surface area contributed by atoms with Crippen molar-refractivity contribution in [3.05, 3.63) is 29.6 Å². The molecule has 8 nitrogen and oxygen atoms in total. The van der Waals surface area contributed by atoms with Crippen molar-refractivity contribution in [1.82, 2.24) is 10.5 Å². The molecule has 1 aromatic rings. The van der Waals surface area contributed by atoms with Crippen molar-refractivity contribution in [2.24, 2.45) is 11.1 Å². The maximum Gasteiger partial charge on any atom is 0.264 e. The number of amides is 1. The van der Waals surface area contributed by atoms with Gasteiger partial charge in [-0.05, 0) is 31.9 Å². The van der Waals surface area contributed by atoms with Crippen molar-refractivity contribution in [2.45, 2.75) is 43.5 Å². The van der Waals surface area contributed by atoms with E-state index in [0.717, 1.165) is 24.7 Å². The lowest BCUT2D eigenvalue weighted by Crippen LogP contribution is -2.51. The first-order chi connectivity index (χ1) is 12.7. The summed E-state index contributed by atoms with van der Waals surface area (Å²) in [6, 6.07) is 3.64. The van der Waals surface area contributed by atoms with Crippen LogP contribution in [0, 0.1) is 17.8 Å². The molecule has 0 spiro atoms. The van der Waals surface area contributed by atoms with Crippen molar-refractivity contribution in [3.63, 3.8) is 0 Å². The highest BCUT2D eigenvalue weighted by molar-refractivity contribution is 7.92. The molecule has 0 bridgehead atoms. The number of nitrogens with one attached hydrogen (secondary N) is 1. The van der Waals surface area contributed by atoms with Crippen LogP contribution in [0.1, 0.15) is 43.9 Å². The summed E-state index contributed by atoms with van der Waals surface area (Å²) in [5.74, 6) is 5.76. The maximum absolute atomic E-state index is 12.1. The van der Waals surface area contributed by atoms with Gasteiger partial charge in [-0.2, -0.15) is 0 Å². The Bertz CT molecular complexity index is 926. The predicted molar refractivity (Wildman–Crippen MR) is 97.7 cm³/mol. The van der Waals surface area contributed by atoms with Gasteiger partial charge >= 0.3 is 0 Å². The fourth-order valence-electron chi connectivity index (χ4n) is 2.71. The fourth-order valence-corrected chi connectivity index (χ4v) is 3.58. The van der Waals surface area contributed by atoms with Crippen LogP contribution in [0.4, 0.5) is 0 Å². The number of hydroxylamine groups is 1. The number of carbonyl (C=O) groups is 1. The number of hydrogen-bond acceptors (Lipinski definition) is 7. The normalized spacial score (nSPS) is 21.3. The van der Waals surface area contributed by atoms with Crippen LogP contribution >= 0.6 is 0 Å².